The van der Waals surface area contributed by atoms with Gasteiger partial charge in [0.1, 0.15) is 5.82 Å². The average molecular weight is 244 g/mol. The predicted octanol–water partition coefficient (Wildman–Crippen LogP) is 3.47. The van der Waals surface area contributed by atoms with Crippen LogP contribution in [0.5, 0.6) is 0 Å². The lowest BCUT2D eigenvalue weighted by Gasteiger charge is -2.31. The number of pyridine rings is 1. The van der Waals surface area contributed by atoms with E-state index < -0.39 is 0 Å². The topological polar surface area (TPSA) is 38.9 Å². The summed E-state index contributed by atoms with van der Waals surface area (Å²) in [5.74, 6) is -0.273. The summed E-state index contributed by atoms with van der Waals surface area (Å²) < 4.78 is 13.8. The van der Waals surface area contributed by atoms with Crippen molar-refractivity contribution in [1.29, 1.82) is 0 Å². The number of nitrogen functional groups attached to an aromatic ring is 1. The Labute approximate surface area is 106 Å². The minimum atomic E-state index is -0.273. The summed E-state index contributed by atoms with van der Waals surface area (Å²) in [5, 5.41) is 0.482. The van der Waals surface area contributed by atoms with Crippen LogP contribution in [-0.4, -0.2) is 4.98 Å². The summed E-state index contributed by atoms with van der Waals surface area (Å²) in [6.07, 6.45) is 2.89. The van der Waals surface area contributed by atoms with Crippen molar-refractivity contribution in [2.24, 2.45) is 5.41 Å². The third-order valence-corrected chi connectivity index (χ3v) is 3.89. The lowest BCUT2D eigenvalue weighted by molar-refractivity contribution is 0.311. The van der Waals surface area contributed by atoms with Crippen LogP contribution >= 0.6 is 0 Å². The summed E-state index contributed by atoms with van der Waals surface area (Å²) in [4.78, 5) is 4.61. The molecule has 94 valence electrons. The maximum Gasteiger partial charge on any atom is 0.134 e. The zero-order valence-corrected chi connectivity index (χ0v) is 10.8. The van der Waals surface area contributed by atoms with Crippen LogP contribution in [0.15, 0.2) is 18.2 Å². The molecule has 1 aromatic carbocycles. The summed E-state index contributed by atoms with van der Waals surface area (Å²) in [5.41, 5.74) is 9.76. The lowest BCUT2D eigenvalue weighted by Crippen LogP contribution is -2.24. The molecule has 2 N–H and O–H groups in total. The van der Waals surface area contributed by atoms with Gasteiger partial charge in [0, 0.05) is 11.4 Å². The molecule has 0 bridgehead atoms. The number of fused-ring (bicyclic) bond motifs is 2. The Kier molecular flexibility index (Phi) is 2.34. The number of hydrogen-bond donors (Lipinski definition) is 1. The first-order valence-corrected chi connectivity index (χ1v) is 6.33. The fourth-order valence-corrected chi connectivity index (χ4v) is 2.82. The zero-order valence-electron chi connectivity index (χ0n) is 10.8. The Morgan fingerprint density at radius 1 is 1.33 bits per heavy atom. The Hall–Kier alpha value is -1.64. The summed E-state index contributed by atoms with van der Waals surface area (Å²) in [6.45, 7) is 4.48. The van der Waals surface area contributed by atoms with Crippen molar-refractivity contribution in [3.8, 4) is 0 Å². The molecule has 0 saturated heterocycles. The largest absolute Gasteiger partial charge is 0.398 e. The molecule has 0 aliphatic heterocycles. The van der Waals surface area contributed by atoms with Crippen molar-refractivity contribution >= 4 is 16.6 Å². The fourth-order valence-electron chi connectivity index (χ4n) is 2.82. The number of nitrogens with zero attached hydrogens (tertiary/aromatic N) is 1. The van der Waals surface area contributed by atoms with Crippen molar-refractivity contribution in [3.63, 3.8) is 0 Å². The molecule has 1 aliphatic rings. The molecule has 18 heavy (non-hydrogen) atoms. The SMILES string of the molecule is CC1(C)CCc2c(nc3cccc(F)c3c2N)C1. The standard InChI is InChI=1S/C15H17FN2/c1-15(2)7-6-9-12(8-15)18-11-5-3-4-10(16)13(11)14(9)17/h3-5H,6-8H2,1-2H3,(H2,17,18). The van der Waals surface area contributed by atoms with E-state index in [9.17, 15) is 4.39 Å². The molecule has 2 nitrogen and oxygen atoms in total. The number of hydrogen-bond acceptors (Lipinski definition) is 2. The summed E-state index contributed by atoms with van der Waals surface area (Å²) >= 11 is 0. The van der Waals surface area contributed by atoms with E-state index in [1.54, 1.807) is 6.07 Å². The van der Waals surface area contributed by atoms with E-state index in [1.807, 2.05) is 6.07 Å². The highest BCUT2D eigenvalue weighted by Gasteiger charge is 2.28. The normalized spacial score (nSPS) is 17.7. The summed E-state index contributed by atoms with van der Waals surface area (Å²) in [6, 6.07) is 4.96. The van der Waals surface area contributed by atoms with Gasteiger partial charge in [0.2, 0.25) is 0 Å². The Morgan fingerprint density at radius 3 is 2.89 bits per heavy atom. The van der Waals surface area contributed by atoms with Crippen molar-refractivity contribution in [2.75, 3.05) is 5.73 Å². The highest BCUT2D eigenvalue weighted by Crippen LogP contribution is 2.38. The van der Waals surface area contributed by atoms with Gasteiger partial charge in [-0.05, 0) is 42.4 Å². The molecule has 0 atom stereocenters. The van der Waals surface area contributed by atoms with Gasteiger partial charge in [0.05, 0.1) is 10.9 Å². The monoisotopic (exact) mass is 244 g/mol. The molecule has 0 unspecified atom stereocenters. The highest BCUT2D eigenvalue weighted by atomic mass is 19.1. The van der Waals surface area contributed by atoms with Crippen LogP contribution in [0.3, 0.4) is 0 Å². The van der Waals surface area contributed by atoms with Gasteiger partial charge in [0.15, 0.2) is 0 Å². The predicted molar refractivity (Wildman–Crippen MR) is 71.9 cm³/mol. The van der Waals surface area contributed by atoms with Crippen LogP contribution in [0.1, 0.15) is 31.5 Å². The molecular weight excluding hydrogens is 227 g/mol. The minimum Gasteiger partial charge on any atom is -0.398 e. The highest BCUT2D eigenvalue weighted by molar-refractivity contribution is 5.92. The van der Waals surface area contributed by atoms with E-state index in [-0.39, 0.29) is 11.2 Å². The summed E-state index contributed by atoms with van der Waals surface area (Å²) in [7, 11) is 0. The Morgan fingerprint density at radius 2 is 2.11 bits per heavy atom. The van der Waals surface area contributed by atoms with Gasteiger partial charge in [-0.15, -0.1) is 0 Å². The van der Waals surface area contributed by atoms with Crippen LogP contribution in [0.2, 0.25) is 0 Å². The van der Waals surface area contributed by atoms with Crippen molar-refractivity contribution in [3.05, 3.63) is 35.3 Å². The number of nitrogens with two attached hydrogens (primary N) is 1. The van der Waals surface area contributed by atoms with E-state index in [2.05, 4.69) is 18.8 Å². The van der Waals surface area contributed by atoms with E-state index in [1.165, 1.54) is 6.07 Å². The first kappa shape index (κ1) is 11.5. The van der Waals surface area contributed by atoms with Gasteiger partial charge in [0.25, 0.3) is 0 Å². The van der Waals surface area contributed by atoms with Crippen LogP contribution in [0.4, 0.5) is 10.1 Å². The van der Waals surface area contributed by atoms with Crippen molar-refractivity contribution in [2.45, 2.75) is 33.1 Å². The van der Waals surface area contributed by atoms with Crippen molar-refractivity contribution in [1.82, 2.24) is 4.98 Å². The molecule has 3 heteroatoms. The maximum absolute atomic E-state index is 13.8. The fraction of sp³-hybridized carbons (Fsp3) is 0.400. The van der Waals surface area contributed by atoms with E-state index in [4.69, 9.17) is 5.73 Å². The first-order chi connectivity index (χ1) is 8.48. The molecule has 1 aliphatic carbocycles. The number of rotatable bonds is 0. The molecule has 0 saturated carbocycles. The number of aromatic nitrogens is 1. The molecular formula is C15H17FN2. The molecule has 3 rings (SSSR count). The van der Waals surface area contributed by atoms with Gasteiger partial charge in [-0.3, -0.25) is 4.98 Å². The lowest BCUT2D eigenvalue weighted by atomic mass is 9.75. The van der Waals surface area contributed by atoms with Gasteiger partial charge in [-0.2, -0.15) is 0 Å². The maximum atomic E-state index is 13.8. The molecule has 0 amide bonds. The quantitative estimate of drug-likeness (QED) is 0.770. The van der Waals surface area contributed by atoms with Crippen LogP contribution in [0.25, 0.3) is 10.9 Å². The van der Waals surface area contributed by atoms with E-state index >= 15 is 0 Å². The van der Waals surface area contributed by atoms with Crippen LogP contribution in [-0.2, 0) is 12.8 Å². The van der Waals surface area contributed by atoms with E-state index in [0.29, 0.717) is 16.6 Å². The minimum absolute atomic E-state index is 0.257. The average Bonchev–Trinajstić information content (AvgIpc) is 2.27. The van der Waals surface area contributed by atoms with Gasteiger partial charge >= 0.3 is 0 Å². The third-order valence-electron chi connectivity index (χ3n) is 3.89. The van der Waals surface area contributed by atoms with Gasteiger partial charge in [-0.25, -0.2) is 4.39 Å². The molecule has 1 aromatic heterocycles. The number of anilines is 1. The smallest absolute Gasteiger partial charge is 0.134 e. The number of benzene rings is 1. The second-order valence-electron chi connectivity index (χ2n) is 5.93. The second kappa shape index (κ2) is 3.67. The Balaban J connectivity index is 2.30. The van der Waals surface area contributed by atoms with Gasteiger partial charge < -0.3 is 5.73 Å². The van der Waals surface area contributed by atoms with Crippen molar-refractivity contribution < 1.29 is 4.39 Å². The molecule has 0 spiro atoms. The van der Waals surface area contributed by atoms with E-state index in [0.717, 1.165) is 30.5 Å². The molecule has 1 heterocycles. The second-order valence-corrected chi connectivity index (χ2v) is 5.93. The van der Waals surface area contributed by atoms with Crippen LogP contribution in [0, 0.1) is 11.2 Å². The molecule has 0 fully saturated rings. The number of halogens is 1. The zero-order chi connectivity index (χ0) is 12.9. The van der Waals surface area contributed by atoms with Gasteiger partial charge in [-0.1, -0.05) is 19.9 Å². The first-order valence-electron chi connectivity index (χ1n) is 6.33. The Bertz CT molecular complexity index is 632. The molecule has 0 radical (unpaired) electrons. The molecule has 2 aromatic rings. The van der Waals surface area contributed by atoms with Crippen LogP contribution < -0.4 is 5.73 Å². The third kappa shape index (κ3) is 1.65.